The molecule has 1 aromatic heterocycles. The summed E-state index contributed by atoms with van der Waals surface area (Å²) >= 11 is 11.8. The first-order chi connectivity index (χ1) is 11.0. The molecule has 1 N–H and O–H groups in total. The lowest BCUT2D eigenvalue weighted by molar-refractivity contribution is 0.210. The monoisotopic (exact) mass is 349 g/mol. The molecule has 0 amide bonds. The quantitative estimate of drug-likeness (QED) is 0.598. The molecule has 0 saturated heterocycles. The topological polar surface area (TPSA) is 24.0 Å². The van der Waals surface area contributed by atoms with Crippen molar-refractivity contribution in [1.82, 2.24) is 14.5 Å². The molecule has 0 bridgehead atoms. The molecular weight excluding hydrogens is 326 g/mol. The van der Waals surface area contributed by atoms with Crippen LogP contribution in [-0.4, -0.2) is 27.0 Å². The molecule has 23 heavy (non-hydrogen) atoms. The number of aromatic nitrogens is 2. The number of hydrogen-bond donors (Lipinski definition) is 1. The Morgan fingerprint density at radius 3 is 2.83 bits per heavy atom. The Morgan fingerprint density at radius 1 is 1.39 bits per heavy atom. The minimum Gasteiger partial charge on any atom is -0.331 e. The Balaban J connectivity index is 1.99. The molecule has 3 rings (SSSR count). The number of aromatic amines is 1. The first-order valence-electron chi connectivity index (χ1n) is 8.36. The van der Waals surface area contributed by atoms with Gasteiger partial charge in [-0.2, -0.15) is 0 Å². The van der Waals surface area contributed by atoms with E-state index in [-0.39, 0.29) is 0 Å². The Hall–Kier alpha value is -1.10. The highest BCUT2D eigenvalue weighted by atomic mass is 35.5. The minimum absolute atomic E-state index is 0.429. The predicted molar refractivity (Wildman–Crippen MR) is 101 cm³/mol. The van der Waals surface area contributed by atoms with E-state index in [2.05, 4.69) is 47.4 Å². The molecule has 1 aliphatic heterocycles. The van der Waals surface area contributed by atoms with Crippen LogP contribution in [0.1, 0.15) is 39.2 Å². The van der Waals surface area contributed by atoms with Crippen molar-refractivity contribution in [2.75, 3.05) is 6.54 Å². The zero-order valence-corrected chi connectivity index (χ0v) is 15.6. The third-order valence-corrected chi connectivity index (χ3v) is 5.42. The largest absolute Gasteiger partial charge is 0.331 e. The van der Waals surface area contributed by atoms with Gasteiger partial charge in [-0.3, -0.25) is 4.90 Å². The number of allylic oxidation sites excluding steroid dienone is 1. The number of rotatable bonds is 4. The summed E-state index contributed by atoms with van der Waals surface area (Å²) in [5.74, 6) is 0. The van der Waals surface area contributed by atoms with Gasteiger partial charge in [0.25, 0.3) is 0 Å². The first-order valence-corrected chi connectivity index (χ1v) is 9.15. The van der Waals surface area contributed by atoms with E-state index in [1.165, 1.54) is 16.7 Å². The van der Waals surface area contributed by atoms with E-state index in [4.69, 9.17) is 23.8 Å². The van der Waals surface area contributed by atoms with Crippen molar-refractivity contribution in [3.63, 3.8) is 0 Å². The zero-order valence-electron chi connectivity index (χ0n) is 14.0. The van der Waals surface area contributed by atoms with Gasteiger partial charge in [-0.15, -0.1) is 0 Å². The van der Waals surface area contributed by atoms with Gasteiger partial charge in [0.1, 0.15) is 0 Å². The van der Waals surface area contributed by atoms with Gasteiger partial charge < -0.3 is 9.55 Å². The van der Waals surface area contributed by atoms with Crippen LogP contribution in [0.4, 0.5) is 0 Å². The predicted octanol–water partition coefficient (Wildman–Crippen LogP) is 5.30. The number of nitrogens with zero attached hydrogens (tertiary/aromatic N) is 2. The van der Waals surface area contributed by atoms with E-state index in [1.54, 1.807) is 0 Å². The van der Waals surface area contributed by atoms with Crippen LogP contribution in [0.2, 0.25) is 5.02 Å². The van der Waals surface area contributed by atoms with Crippen LogP contribution in [0, 0.1) is 4.77 Å². The van der Waals surface area contributed by atoms with Crippen LogP contribution in [0.3, 0.4) is 0 Å². The van der Waals surface area contributed by atoms with Crippen LogP contribution >= 0.6 is 23.8 Å². The molecule has 0 unspecified atom stereocenters. The van der Waals surface area contributed by atoms with E-state index in [9.17, 15) is 0 Å². The van der Waals surface area contributed by atoms with Crippen molar-refractivity contribution in [1.29, 1.82) is 0 Å². The molecule has 0 aliphatic carbocycles. The Kier molecular flexibility index (Phi) is 4.95. The standard InChI is InChI=1S/C18H24ClN3S/c1-4-13(5-2)6-7-21-11-14-8-15(19)9-16-17(14)22(10-12(21)3)18(23)20-16/h6,8-9,12H,4-5,7,10-11H2,1-3H3,(H,20,23)/t12-/m0/s1. The van der Waals surface area contributed by atoms with Crippen LogP contribution in [0.25, 0.3) is 11.0 Å². The van der Waals surface area contributed by atoms with Crippen molar-refractivity contribution < 1.29 is 0 Å². The summed E-state index contributed by atoms with van der Waals surface area (Å²) in [6.45, 7) is 9.53. The summed E-state index contributed by atoms with van der Waals surface area (Å²) in [6.07, 6.45) is 4.65. The summed E-state index contributed by atoms with van der Waals surface area (Å²) < 4.78 is 3.02. The summed E-state index contributed by atoms with van der Waals surface area (Å²) in [5, 5.41) is 0.767. The molecular formula is C18H24ClN3S. The molecule has 5 heteroatoms. The SMILES string of the molecule is CCC(=CCN1Cc2cc(Cl)cc3[nH]c(=S)n(c23)C[C@@H]1C)CC. The van der Waals surface area contributed by atoms with Gasteiger partial charge in [-0.05, 0) is 49.7 Å². The number of hydrogen-bond acceptors (Lipinski definition) is 2. The minimum atomic E-state index is 0.429. The van der Waals surface area contributed by atoms with Gasteiger partial charge in [0.15, 0.2) is 4.77 Å². The fourth-order valence-electron chi connectivity index (χ4n) is 3.43. The second kappa shape index (κ2) is 6.80. The van der Waals surface area contributed by atoms with Gasteiger partial charge in [-0.1, -0.05) is 37.1 Å². The first kappa shape index (κ1) is 16.7. The van der Waals surface area contributed by atoms with Crippen molar-refractivity contribution >= 4 is 34.9 Å². The van der Waals surface area contributed by atoms with Gasteiger partial charge in [-0.25, -0.2) is 0 Å². The number of imidazole rings is 1. The summed E-state index contributed by atoms with van der Waals surface area (Å²) in [7, 11) is 0. The van der Waals surface area contributed by atoms with E-state index >= 15 is 0 Å². The van der Waals surface area contributed by atoms with E-state index in [0.717, 1.165) is 47.8 Å². The summed E-state index contributed by atoms with van der Waals surface area (Å²) in [4.78, 5) is 5.81. The fourth-order valence-corrected chi connectivity index (χ4v) is 3.95. The Labute approximate surface area is 147 Å². The maximum absolute atomic E-state index is 6.30. The number of benzene rings is 1. The van der Waals surface area contributed by atoms with Crippen molar-refractivity contribution in [2.45, 2.75) is 52.7 Å². The molecule has 124 valence electrons. The lowest BCUT2D eigenvalue weighted by atomic mass is 10.1. The van der Waals surface area contributed by atoms with Crippen molar-refractivity contribution in [3.8, 4) is 0 Å². The number of nitrogens with one attached hydrogen (secondary N) is 1. The van der Waals surface area contributed by atoms with Crippen LogP contribution in [0.15, 0.2) is 23.8 Å². The molecule has 1 aliphatic rings. The van der Waals surface area contributed by atoms with E-state index < -0.39 is 0 Å². The maximum Gasteiger partial charge on any atom is 0.178 e. The average Bonchev–Trinajstić information content (AvgIpc) is 2.73. The molecule has 0 radical (unpaired) electrons. The van der Waals surface area contributed by atoms with Gasteiger partial charge in [0.2, 0.25) is 0 Å². The average molecular weight is 350 g/mol. The lowest BCUT2D eigenvalue weighted by Gasteiger charge is -2.26. The molecule has 0 fully saturated rings. The molecule has 1 atom stereocenters. The van der Waals surface area contributed by atoms with Crippen molar-refractivity contribution in [3.05, 3.63) is 39.1 Å². The molecule has 1 aromatic carbocycles. The number of halogens is 1. The van der Waals surface area contributed by atoms with Crippen LogP contribution in [0.5, 0.6) is 0 Å². The number of H-pyrrole nitrogens is 1. The van der Waals surface area contributed by atoms with Crippen molar-refractivity contribution in [2.24, 2.45) is 0 Å². The van der Waals surface area contributed by atoms with Crippen LogP contribution in [-0.2, 0) is 13.1 Å². The maximum atomic E-state index is 6.30. The molecule has 2 heterocycles. The lowest BCUT2D eigenvalue weighted by Crippen LogP contribution is -2.34. The summed E-state index contributed by atoms with van der Waals surface area (Å²) in [6, 6.07) is 4.48. The highest BCUT2D eigenvalue weighted by Crippen LogP contribution is 2.29. The third-order valence-electron chi connectivity index (χ3n) is 4.88. The fraction of sp³-hybridized carbons (Fsp3) is 0.500. The van der Waals surface area contributed by atoms with E-state index in [1.807, 2.05) is 6.07 Å². The summed E-state index contributed by atoms with van der Waals surface area (Å²) in [5.41, 5.74) is 5.04. The van der Waals surface area contributed by atoms with E-state index in [0.29, 0.717) is 6.04 Å². The highest BCUT2D eigenvalue weighted by molar-refractivity contribution is 7.71. The Bertz CT molecular complexity index is 796. The van der Waals surface area contributed by atoms with Gasteiger partial charge >= 0.3 is 0 Å². The van der Waals surface area contributed by atoms with Gasteiger partial charge in [0, 0.05) is 30.7 Å². The van der Waals surface area contributed by atoms with Gasteiger partial charge in [0.05, 0.1) is 11.0 Å². The normalized spacial score (nSPS) is 18.2. The highest BCUT2D eigenvalue weighted by Gasteiger charge is 2.23. The second-order valence-corrected chi connectivity index (χ2v) is 7.17. The molecule has 2 aromatic rings. The smallest absolute Gasteiger partial charge is 0.178 e. The zero-order chi connectivity index (χ0) is 16.6. The van der Waals surface area contributed by atoms with Crippen LogP contribution < -0.4 is 0 Å². The molecule has 0 saturated carbocycles. The molecule has 0 spiro atoms. The molecule has 3 nitrogen and oxygen atoms in total. The third kappa shape index (κ3) is 3.25. The second-order valence-electron chi connectivity index (χ2n) is 6.35. The Morgan fingerprint density at radius 2 is 2.13 bits per heavy atom.